The van der Waals surface area contributed by atoms with Gasteiger partial charge in [-0.3, -0.25) is 0 Å². The van der Waals surface area contributed by atoms with E-state index in [1.807, 2.05) is 18.0 Å². The minimum atomic E-state index is -0.849. The third kappa shape index (κ3) is 1.85. The second-order valence-corrected chi connectivity index (χ2v) is 5.08. The Morgan fingerprint density at radius 3 is 3.12 bits per heavy atom. The van der Waals surface area contributed by atoms with Crippen LogP contribution < -0.4 is 10.2 Å². The molecule has 17 heavy (non-hydrogen) atoms. The van der Waals surface area contributed by atoms with Crippen LogP contribution in [0.3, 0.4) is 0 Å². The number of halogens is 1. The number of anilines is 1. The zero-order chi connectivity index (χ0) is 11.8. The van der Waals surface area contributed by atoms with Crippen LogP contribution in [0.1, 0.15) is 0 Å². The van der Waals surface area contributed by atoms with Gasteiger partial charge in [-0.05, 0) is 6.07 Å². The van der Waals surface area contributed by atoms with Crippen molar-refractivity contribution in [2.45, 2.75) is 12.2 Å². The van der Waals surface area contributed by atoms with Crippen LogP contribution in [0, 0.1) is 0 Å². The fourth-order valence-electron chi connectivity index (χ4n) is 1.99. The number of nitrogens with zero attached hydrogens (tertiary/aromatic N) is 4. The summed E-state index contributed by atoms with van der Waals surface area (Å²) in [5.74, 6) is 0. The fourth-order valence-corrected chi connectivity index (χ4v) is 2.90. The normalized spacial score (nSPS) is 24.4. The van der Waals surface area contributed by atoms with E-state index in [0.717, 1.165) is 9.83 Å². The molecule has 0 aliphatic carbocycles. The molecule has 0 aromatic carbocycles. The first-order valence-corrected chi connectivity index (χ1v) is 6.23. The minimum Gasteiger partial charge on any atom is -0.344 e. The van der Waals surface area contributed by atoms with Crippen molar-refractivity contribution < 1.29 is 4.39 Å². The molecule has 2 aromatic heterocycles. The molecule has 7 heteroatoms. The summed E-state index contributed by atoms with van der Waals surface area (Å²) in [7, 11) is 1.87. The third-order valence-electron chi connectivity index (χ3n) is 2.98. The number of hydrogen-bond acceptors (Lipinski definition) is 6. The molecule has 1 aliphatic rings. The average Bonchev–Trinajstić information content (AvgIpc) is 2.93. The molecule has 2 atom stereocenters. The first-order chi connectivity index (χ1) is 8.25. The predicted octanol–water partition coefficient (Wildman–Crippen LogP) is 0.832. The monoisotopic (exact) mass is 253 g/mol. The van der Waals surface area contributed by atoms with Crippen LogP contribution in [0.4, 0.5) is 9.52 Å². The minimum absolute atomic E-state index is 0.150. The van der Waals surface area contributed by atoms with Crippen LogP contribution in [-0.4, -0.2) is 47.5 Å². The summed E-state index contributed by atoms with van der Waals surface area (Å²) >= 11 is 1.51. The molecular weight excluding hydrogens is 241 g/mol. The molecule has 2 aromatic rings. The first-order valence-electron chi connectivity index (χ1n) is 5.41. The van der Waals surface area contributed by atoms with Crippen LogP contribution in [0.5, 0.6) is 0 Å². The van der Waals surface area contributed by atoms with E-state index in [-0.39, 0.29) is 6.04 Å². The maximum atomic E-state index is 13.6. The van der Waals surface area contributed by atoms with Gasteiger partial charge in [0.1, 0.15) is 6.17 Å². The lowest BCUT2D eigenvalue weighted by Crippen LogP contribution is -2.38. The van der Waals surface area contributed by atoms with Crippen molar-refractivity contribution in [3.63, 3.8) is 0 Å². The Balaban J connectivity index is 1.92. The van der Waals surface area contributed by atoms with Gasteiger partial charge in [0.25, 0.3) is 0 Å². The molecular formula is C10H12FN5S. The van der Waals surface area contributed by atoms with Gasteiger partial charge in [-0.1, -0.05) is 11.3 Å². The van der Waals surface area contributed by atoms with Gasteiger partial charge in [0, 0.05) is 20.1 Å². The Labute approximate surface area is 102 Å². The highest BCUT2D eigenvalue weighted by Gasteiger charge is 2.31. The number of rotatable bonds is 2. The van der Waals surface area contributed by atoms with Crippen LogP contribution in [0.2, 0.25) is 0 Å². The summed E-state index contributed by atoms with van der Waals surface area (Å²) in [6, 6.07) is 1.72. The summed E-state index contributed by atoms with van der Waals surface area (Å²) < 4.78 is 14.6. The van der Waals surface area contributed by atoms with Crippen molar-refractivity contribution in [2.75, 3.05) is 25.0 Å². The van der Waals surface area contributed by atoms with Crippen LogP contribution in [-0.2, 0) is 0 Å². The van der Waals surface area contributed by atoms with E-state index < -0.39 is 6.17 Å². The van der Waals surface area contributed by atoms with Gasteiger partial charge in [0.15, 0.2) is 10.8 Å². The smallest absolute Gasteiger partial charge is 0.194 e. The third-order valence-corrected chi connectivity index (χ3v) is 4.08. The van der Waals surface area contributed by atoms with E-state index in [4.69, 9.17) is 0 Å². The number of alkyl halides is 1. The van der Waals surface area contributed by atoms with Crippen LogP contribution >= 0.6 is 11.3 Å². The Bertz CT molecular complexity index is 497. The van der Waals surface area contributed by atoms with E-state index in [0.29, 0.717) is 18.7 Å². The molecule has 1 saturated heterocycles. The highest BCUT2D eigenvalue weighted by atomic mass is 32.1. The summed E-state index contributed by atoms with van der Waals surface area (Å²) in [6.07, 6.45) is 0.789. The summed E-state index contributed by atoms with van der Waals surface area (Å²) in [4.78, 5) is 6.25. The molecule has 1 aliphatic heterocycles. The second-order valence-electron chi connectivity index (χ2n) is 4.07. The maximum Gasteiger partial charge on any atom is 0.194 e. The van der Waals surface area contributed by atoms with Crippen LogP contribution in [0.25, 0.3) is 10.3 Å². The molecule has 3 heterocycles. The number of hydrogen-bond donors (Lipinski definition) is 1. The van der Waals surface area contributed by atoms with Gasteiger partial charge in [-0.2, -0.15) is 10.1 Å². The average molecular weight is 253 g/mol. The molecule has 0 spiro atoms. The molecule has 1 N–H and O–H groups in total. The Morgan fingerprint density at radius 2 is 2.41 bits per heavy atom. The largest absolute Gasteiger partial charge is 0.344 e. The van der Waals surface area contributed by atoms with E-state index in [2.05, 4.69) is 20.5 Å². The molecule has 5 nitrogen and oxygen atoms in total. The highest BCUT2D eigenvalue weighted by Crippen LogP contribution is 2.28. The summed E-state index contributed by atoms with van der Waals surface area (Å²) in [5.41, 5.74) is 0.626. The lowest BCUT2D eigenvalue weighted by Gasteiger charge is -2.24. The van der Waals surface area contributed by atoms with Gasteiger partial charge < -0.3 is 10.2 Å². The Morgan fingerprint density at radius 1 is 1.53 bits per heavy atom. The molecule has 0 radical (unpaired) electrons. The SMILES string of the molecule is CN(c1nc2nnccc2s1)[C@H]1CNC[C@@H]1F. The number of nitrogens with one attached hydrogen (secondary N) is 1. The van der Waals surface area contributed by atoms with Crippen molar-refractivity contribution in [1.82, 2.24) is 20.5 Å². The summed E-state index contributed by atoms with van der Waals surface area (Å²) in [6.45, 7) is 1.07. The van der Waals surface area contributed by atoms with Crippen molar-refractivity contribution in [3.05, 3.63) is 12.3 Å². The molecule has 0 unspecified atom stereocenters. The van der Waals surface area contributed by atoms with Gasteiger partial charge in [-0.15, -0.1) is 5.10 Å². The van der Waals surface area contributed by atoms with E-state index in [1.54, 1.807) is 6.20 Å². The van der Waals surface area contributed by atoms with Gasteiger partial charge in [-0.25, -0.2) is 4.39 Å². The van der Waals surface area contributed by atoms with Crippen molar-refractivity contribution in [2.24, 2.45) is 0 Å². The number of aromatic nitrogens is 3. The Hall–Kier alpha value is -1.34. The molecule has 90 valence electrons. The Kier molecular flexibility index (Phi) is 2.64. The van der Waals surface area contributed by atoms with Crippen molar-refractivity contribution in [1.29, 1.82) is 0 Å². The summed E-state index contributed by atoms with van der Waals surface area (Å²) in [5, 5.41) is 11.6. The van der Waals surface area contributed by atoms with Gasteiger partial charge >= 0.3 is 0 Å². The second kappa shape index (κ2) is 4.15. The number of likely N-dealkylation sites (N-methyl/N-ethyl adjacent to an activating group) is 1. The topological polar surface area (TPSA) is 53.9 Å². The van der Waals surface area contributed by atoms with Crippen LogP contribution in [0.15, 0.2) is 12.3 Å². The number of fused-ring (bicyclic) bond motifs is 1. The van der Waals surface area contributed by atoms with Gasteiger partial charge in [0.2, 0.25) is 0 Å². The zero-order valence-corrected chi connectivity index (χ0v) is 10.1. The number of thiazole rings is 1. The van der Waals surface area contributed by atoms with Crippen molar-refractivity contribution >= 4 is 26.8 Å². The molecule has 1 fully saturated rings. The van der Waals surface area contributed by atoms with Crippen molar-refractivity contribution in [3.8, 4) is 0 Å². The maximum absolute atomic E-state index is 13.6. The fraction of sp³-hybridized carbons (Fsp3) is 0.500. The molecule has 0 bridgehead atoms. The zero-order valence-electron chi connectivity index (χ0n) is 9.30. The predicted molar refractivity (Wildman–Crippen MR) is 65.2 cm³/mol. The molecule has 3 rings (SSSR count). The highest BCUT2D eigenvalue weighted by molar-refractivity contribution is 7.22. The van der Waals surface area contributed by atoms with Gasteiger partial charge in [0.05, 0.1) is 16.9 Å². The lowest BCUT2D eigenvalue weighted by molar-refractivity contribution is 0.326. The lowest BCUT2D eigenvalue weighted by atomic mass is 10.2. The van der Waals surface area contributed by atoms with E-state index >= 15 is 0 Å². The van der Waals surface area contributed by atoms with E-state index in [9.17, 15) is 4.39 Å². The molecule has 0 saturated carbocycles. The quantitative estimate of drug-likeness (QED) is 0.859. The molecule has 0 amide bonds. The standard InChI is InChI=1S/C10H12FN5S/c1-16(7-5-12-4-6(7)11)10-14-9-8(17-10)2-3-13-15-9/h2-3,6-7,12H,4-5H2,1H3/t6-,7-/m0/s1. The van der Waals surface area contributed by atoms with E-state index in [1.165, 1.54) is 11.3 Å². The first kappa shape index (κ1) is 10.8.